The molecule has 0 bridgehead atoms. The Hall–Kier alpha value is -4.03. The number of benzene rings is 1. The van der Waals surface area contributed by atoms with E-state index in [2.05, 4.69) is 5.32 Å². The van der Waals surface area contributed by atoms with Gasteiger partial charge in [-0.25, -0.2) is 4.79 Å². The van der Waals surface area contributed by atoms with Gasteiger partial charge in [0.15, 0.2) is 5.57 Å². The fraction of sp³-hybridized carbons (Fsp3) is 0.316. The molecule has 1 aliphatic heterocycles. The number of amides is 2. The molecule has 142 valence electrons. The van der Waals surface area contributed by atoms with Crippen LogP contribution in [-0.4, -0.2) is 54.6 Å². The number of hydrogen-bond acceptors (Lipinski definition) is 7. The van der Waals surface area contributed by atoms with Crippen molar-refractivity contribution in [3.05, 3.63) is 41.1 Å². The van der Waals surface area contributed by atoms with Crippen molar-refractivity contribution in [2.75, 3.05) is 38.1 Å². The number of carbonyl (C=O) groups is 2. The monoisotopic (exact) mass is 378 g/mol. The second kappa shape index (κ2) is 9.61. The molecule has 0 radical (unpaired) electrons. The number of ether oxygens (including phenoxy) is 1. The maximum atomic E-state index is 12.9. The van der Waals surface area contributed by atoms with Crippen LogP contribution in [0.3, 0.4) is 0 Å². The highest BCUT2D eigenvalue weighted by Crippen LogP contribution is 2.21. The van der Waals surface area contributed by atoms with Crippen LogP contribution < -0.4 is 5.32 Å². The SMILES string of the molecule is CCOC(=O)N1CCN(C(=O)c2ccccc2NC(C#N)=C(C#N)C#N)CC1. The zero-order valence-corrected chi connectivity index (χ0v) is 15.3. The predicted octanol–water partition coefficient (Wildman–Crippen LogP) is 1.84. The predicted molar refractivity (Wildman–Crippen MR) is 98.4 cm³/mol. The normalized spacial score (nSPS) is 12.8. The Kier molecular flexibility index (Phi) is 6.96. The number of para-hydroxylation sites is 1. The molecule has 1 aliphatic rings. The number of nitrogens with zero attached hydrogens (tertiary/aromatic N) is 5. The molecule has 2 amide bonds. The van der Waals surface area contributed by atoms with Gasteiger partial charge in [-0.3, -0.25) is 4.79 Å². The van der Waals surface area contributed by atoms with Crippen molar-refractivity contribution in [2.45, 2.75) is 6.92 Å². The number of nitriles is 3. The van der Waals surface area contributed by atoms with Crippen LogP contribution in [0.1, 0.15) is 17.3 Å². The number of hydrogen-bond donors (Lipinski definition) is 1. The van der Waals surface area contributed by atoms with Crippen LogP contribution in [0.4, 0.5) is 10.5 Å². The molecule has 9 nitrogen and oxygen atoms in total. The van der Waals surface area contributed by atoms with E-state index in [0.717, 1.165) is 0 Å². The van der Waals surface area contributed by atoms with E-state index in [0.29, 0.717) is 44.0 Å². The third-order valence-electron chi connectivity index (χ3n) is 4.10. The molecule has 0 unspecified atom stereocenters. The van der Waals surface area contributed by atoms with E-state index in [1.165, 1.54) is 0 Å². The average Bonchev–Trinajstić information content (AvgIpc) is 2.74. The Morgan fingerprint density at radius 3 is 2.21 bits per heavy atom. The lowest BCUT2D eigenvalue weighted by Gasteiger charge is -2.34. The number of piperazine rings is 1. The lowest BCUT2D eigenvalue weighted by Crippen LogP contribution is -2.50. The molecular weight excluding hydrogens is 360 g/mol. The first-order valence-electron chi connectivity index (χ1n) is 8.57. The van der Waals surface area contributed by atoms with Crippen LogP contribution in [0.5, 0.6) is 0 Å². The summed E-state index contributed by atoms with van der Waals surface area (Å²) in [7, 11) is 0. The van der Waals surface area contributed by atoms with Gasteiger partial charge in [-0.2, -0.15) is 15.8 Å². The summed E-state index contributed by atoms with van der Waals surface area (Å²) >= 11 is 0. The van der Waals surface area contributed by atoms with E-state index >= 15 is 0 Å². The first kappa shape index (κ1) is 20.3. The van der Waals surface area contributed by atoms with Crippen molar-refractivity contribution in [1.29, 1.82) is 15.8 Å². The summed E-state index contributed by atoms with van der Waals surface area (Å²) in [5.41, 5.74) is 0.0279. The van der Waals surface area contributed by atoms with Gasteiger partial charge in [-0.15, -0.1) is 0 Å². The fourth-order valence-corrected chi connectivity index (χ4v) is 2.67. The standard InChI is InChI=1S/C19H18N6O3/c1-2-28-19(27)25-9-7-24(8-10-25)18(26)15-5-3-4-6-16(15)23-17(13-22)14(11-20)12-21/h3-6,23H,2,7-10H2,1H3. The van der Waals surface area contributed by atoms with Gasteiger partial charge >= 0.3 is 6.09 Å². The maximum absolute atomic E-state index is 12.9. The van der Waals surface area contributed by atoms with E-state index < -0.39 is 6.09 Å². The van der Waals surface area contributed by atoms with Gasteiger partial charge in [0.05, 0.1) is 17.9 Å². The Morgan fingerprint density at radius 2 is 1.64 bits per heavy atom. The van der Waals surface area contributed by atoms with Crippen molar-refractivity contribution in [3.8, 4) is 18.2 Å². The molecule has 0 aromatic heterocycles. The van der Waals surface area contributed by atoms with Gasteiger partial charge in [0.1, 0.15) is 23.9 Å². The zero-order chi connectivity index (χ0) is 20.5. The summed E-state index contributed by atoms with van der Waals surface area (Å²) in [6.07, 6.45) is -0.402. The molecule has 1 aromatic rings. The fourth-order valence-electron chi connectivity index (χ4n) is 2.67. The summed E-state index contributed by atoms with van der Waals surface area (Å²) in [5.74, 6) is -0.278. The van der Waals surface area contributed by atoms with Crippen molar-refractivity contribution < 1.29 is 14.3 Å². The topological polar surface area (TPSA) is 133 Å². The zero-order valence-electron chi connectivity index (χ0n) is 15.3. The van der Waals surface area contributed by atoms with Crippen LogP contribution in [0.2, 0.25) is 0 Å². The molecule has 0 saturated carbocycles. The number of rotatable bonds is 4. The van der Waals surface area contributed by atoms with Crippen molar-refractivity contribution in [1.82, 2.24) is 9.80 Å². The molecule has 28 heavy (non-hydrogen) atoms. The first-order valence-corrected chi connectivity index (χ1v) is 8.57. The van der Waals surface area contributed by atoms with Crippen molar-refractivity contribution in [2.24, 2.45) is 0 Å². The molecule has 1 aromatic carbocycles. The summed E-state index contributed by atoms with van der Waals surface area (Å²) in [4.78, 5) is 27.8. The minimum Gasteiger partial charge on any atom is -0.450 e. The lowest BCUT2D eigenvalue weighted by atomic mass is 10.1. The van der Waals surface area contributed by atoms with E-state index in [1.807, 2.05) is 0 Å². The van der Waals surface area contributed by atoms with E-state index in [4.69, 9.17) is 15.3 Å². The quantitative estimate of drug-likeness (QED) is 0.790. The molecule has 0 atom stereocenters. The van der Waals surface area contributed by atoms with Gasteiger partial charge in [0.2, 0.25) is 0 Å². The molecule has 1 N–H and O–H groups in total. The van der Waals surface area contributed by atoms with Gasteiger partial charge in [0.25, 0.3) is 5.91 Å². The van der Waals surface area contributed by atoms with E-state index in [9.17, 15) is 14.9 Å². The number of allylic oxidation sites excluding steroid dienone is 2. The molecule has 1 heterocycles. The van der Waals surface area contributed by atoms with Crippen LogP contribution in [0.25, 0.3) is 0 Å². The van der Waals surface area contributed by atoms with Gasteiger partial charge in [-0.05, 0) is 19.1 Å². The molecule has 2 rings (SSSR count). The van der Waals surface area contributed by atoms with Crippen LogP contribution in [-0.2, 0) is 4.74 Å². The Bertz CT molecular complexity index is 895. The molecule has 1 saturated heterocycles. The van der Waals surface area contributed by atoms with E-state index in [-0.39, 0.29) is 17.2 Å². The van der Waals surface area contributed by atoms with Crippen LogP contribution in [0.15, 0.2) is 35.5 Å². The minimum atomic E-state index is -0.402. The Morgan fingerprint density at radius 1 is 1.04 bits per heavy atom. The molecule has 1 fully saturated rings. The van der Waals surface area contributed by atoms with Gasteiger partial charge < -0.3 is 19.9 Å². The largest absolute Gasteiger partial charge is 0.450 e. The number of carbonyl (C=O) groups excluding carboxylic acids is 2. The highest BCUT2D eigenvalue weighted by Gasteiger charge is 2.26. The second-order valence-corrected chi connectivity index (χ2v) is 5.73. The second-order valence-electron chi connectivity index (χ2n) is 5.73. The first-order chi connectivity index (χ1) is 13.5. The summed E-state index contributed by atoms with van der Waals surface area (Å²) in [6, 6.07) is 11.6. The smallest absolute Gasteiger partial charge is 0.409 e. The molecule has 0 spiro atoms. The lowest BCUT2D eigenvalue weighted by molar-refractivity contribution is 0.0571. The van der Waals surface area contributed by atoms with Crippen LogP contribution >= 0.6 is 0 Å². The van der Waals surface area contributed by atoms with E-state index in [1.54, 1.807) is 59.2 Å². The summed E-state index contributed by atoms with van der Waals surface area (Å²) < 4.78 is 4.97. The third-order valence-corrected chi connectivity index (χ3v) is 4.10. The molecule has 9 heteroatoms. The highest BCUT2D eigenvalue weighted by atomic mass is 16.6. The highest BCUT2D eigenvalue weighted by molar-refractivity contribution is 6.00. The Labute approximate surface area is 162 Å². The Balaban J connectivity index is 2.17. The van der Waals surface area contributed by atoms with Crippen LogP contribution in [0, 0.1) is 34.0 Å². The summed E-state index contributed by atoms with van der Waals surface area (Å²) in [6.45, 7) is 3.42. The van der Waals surface area contributed by atoms with Crippen molar-refractivity contribution in [3.63, 3.8) is 0 Å². The molecular formula is C19H18N6O3. The third kappa shape index (κ3) is 4.57. The summed E-state index contributed by atoms with van der Waals surface area (Å²) in [5, 5.41) is 29.8. The molecule has 0 aliphatic carbocycles. The number of anilines is 1. The van der Waals surface area contributed by atoms with Gasteiger partial charge in [-0.1, -0.05) is 12.1 Å². The average molecular weight is 378 g/mol. The number of nitrogens with one attached hydrogen (secondary N) is 1. The minimum absolute atomic E-state index is 0.225. The maximum Gasteiger partial charge on any atom is 0.409 e. The van der Waals surface area contributed by atoms with Gasteiger partial charge in [0, 0.05) is 26.2 Å². The van der Waals surface area contributed by atoms with Crippen molar-refractivity contribution >= 4 is 17.7 Å².